The second-order valence-corrected chi connectivity index (χ2v) is 5.82. The molecule has 0 heterocycles. The standard InChI is InChI=1S/C12H17O6P/c1-8-9(2)12(18-6-5-13)4-3-10(8)11(14)7-19(15,16)17/h3-4,13H,5-7H2,1-2H3,(H2,15,16,17). The molecule has 106 valence electrons. The molecule has 19 heavy (non-hydrogen) atoms. The van der Waals surface area contributed by atoms with Gasteiger partial charge in [-0.05, 0) is 37.1 Å². The third kappa shape index (κ3) is 4.44. The van der Waals surface area contributed by atoms with E-state index in [9.17, 15) is 9.36 Å². The molecule has 0 radical (unpaired) electrons. The summed E-state index contributed by atoms with van der Waals surface area (Å²) in [6.45, 7) is 3.47. The summed E-state index contributed by atoms with van der Waals surface area (Å²) in [7, 11) is -4.37. The van der Waals surface area contributed by atoms with Gasteiger partial charge in [0.25, 0.3) is 0 Å². The molecule has 0 aliphatic heterocycles. The number of carbonyl (C=O) groups excluding carboxylic acids is 1. The maximum absolute atomic E-state index is 11.8. The molecule has 0 aliphatic carbocycles. The van der Waals surface area contributed by atoms with Crippen LogP contribution >= 0.6 is 7.60 Å². The van der Waals surface area contributed by atoms with Crippen molar-refractivity contribution in [1.82, 2.24) is 0 Å². The highest BCUT2D eigenvalue weighted by molar-refractivity contribution is 7.52. The van der Waals surface area contributed by atoms with Crippen molar-refractivity contribution in [2.75, 3.05) is 19.4 Å². The van der Waals surface area contributed by atoms with Gasteiger partial charge in [0.15, 0.2) is 5.78 Å². The van der Waals surface area contributed by atoms with Crippen molar-refractivity contribution >= 4 is 13.4 Å². The fourth-order valence-corrected chi connectivity index (χ4v) is 2.23. The lowest BCUT2D eigenvalue weighted by Crippen LogP contribution is -2.10. The third-order valence-electron chi connectivity index (χ3n) is 2.74. The normalized spacial score (nSPS) is 11.4. The molecule has 0 saturated carbocycles. The summed E-state index contributed by atoms with van der Waals surface area (Å²) in [6, 6.07) is 3.04. The zero-order valence-electron chi connectivity index (χ0n) is 10.8. The molecule has 0 aromatic heterocycles. The molecule has 7 heteroatoms. The van der Waals surface area contributed by atoms with E-state index in [0.29, 0.717) is 16.9 Å². The van der Waals surface area contributed by atoms with Gasteiger partial charge in [-0.15, -0.1) is 0 Å². The van der Waals surface area contributed by atoms with Crippen molar-refractivity contribution in [2.45, 2.75) is 13.8 Å². The first-order valence-electron chi connectivity index (χ1n) is 5.68. The van der Waals surface area contributed by atoms with Gasteiger partial charge in [-0.25, -0.2) is 0 Å². The van der Waals surface area contributed by atoms with Crippen LogP contribution in [0.25, 0.3) is 0 Å². The van der Waals surface area contributed by atoms with Crippen LogP contribution in [-0.2, 0) is 4.57 Å². The van der Waals surface area contributed by atoms with Crippen molar-refractivity contribution in [1.29, 1.82) is 0 Å². The monoisotopic (exact) mass is 288 g/mol. The number of hydrogen-bond donors (Lipinski definition) is 3. The molecular weight excluding hydrogens is 271 g/mol. The van der Waals surface area contributed by atoms with Crippen LogP contribution in [0.1, 0.15) is 21.5 Å². The predicted molar refractivity (Wildman–Crippen MR) is 69.7 cm³/mol. The number of ketones is 1. The third-order valence-corrected chi connectivity index (χ3v) is 3.44. The van der Waals surface area contributed by atoms with E-state index in [0.717, 1.165) is 0 Å². The average Bonchev–Trinajstić information content (AvgIpc) is 2.28. The largest absolute Gasteiger partial charge is 0.491 e. The minimum Gasteiger partial charge on any atom is -0.491 e. The highest BCUT2D eigenvalue weighted by Crippen LogP contribution is 2.36. The van der Waals surface area contributed by atoms with Crippen molar-refractivity contribution < 1.29 is 29.0 Å². The number of ether oxygens (including phenoxy) is 1. The summed E-state index contributed by atoms with van der Waals surface area (Å²) in [4.78, 5) is 29.4. The smallest absolute Gasteiger partial charge is 0.333 e. The number of aliphatic hydroxyl groups excluding tert-OH is 1. The fourth-order valence-electron chi connectivity index (χ4n) is 1.68. The summed E-state index contributed by atoms with van der Waals surface area (Å²) >= 11 is 0. The molecule has 0 unspecified atom stereocenters. The van der Waals surface area contributed by atoms with Gasteiger partial charge in [0, 0.05) is 5.56 Å². The minimum absolute atomic E-state index is 0.114. The lowest BCUT2D eigenvalue weighted by molar-refractivity contribution is 0.101. The van der Waals surface area contributed by atoms with Gasteiger partial charge in [0.1, 0.15) is 18.5 Å². The summed E-state index contributed by atoms with van der Waals surface area (Å²) in [5.41, 5.74) is 1.61. The molecule has 1 aromatic rings. The maximum atomic E-state index is 11.8. The van der Waals surface area contributed by atoms with E-state index < -0.39 is 19.5 Å². The first-order valence-corrected chi connectivity index (χ1v) is 7.47. The lowest BCUT2D eigenvalue weighted by atomic mass is 10.00. The summed E-state index contributed by atoms with van der Waals surface area (Å²) in [6.07, 6.45) is -0.801. The Hall–Kier alpha value is -1.20. The second kappa shape index (κ2) is 6.30. The zero-order chi connectivity index (χ0) is 14.6. The molecule has 0 aliphatic rings. The van der Waals surface area contributed by atoms with Gasteiger partial charge in [-0.3, -0.25) is 9.36 Å². The minimum atomic E-state index is -4.37. The Bertz CT molecular complexity index is 519. The van der Waals surface area contributed by atoms with Crippen LogP contribution in [-0.4, -0.2) is 40.1 Å². The Morgan fingerprint density at radius 3 is 2.42 bits per heavy atom. The number of aliphatic hydroxyl groups is 1. The molecule has 0 amide bonds. The highest BCUT2D eigenvalue weighted by atomic mass is 31.2. The Kier molecular flexibility index (Phi) is 5.26. The Morgan fingerprint density at radius 1 is 1.26 bits per heavy atom. The quantitative estimate of drug-likeness (QED) is 0.533. The molecule has 0 spiro atoms. The molecule has 6 nitrogen and oxygen atoms in total. The van der Waals surface area contributed by atoms with Crippen LogP contribution in [0.5, 0.6) is 5.75 Å². The Labute approximate surface area is 111 Å². The van der Waals surface area contributed by atoms with E-state index in [1.54, 1.807) is 19.9 Å². The molecular formula is C12H17O6P. The van der Waals surface area contributed by atoms with Crippen LogP contribution in [0, 0.1) is 13.8 Å². The Balaban J connectivity index is 3.02. The zero-order valence-corrected chi connectivity index (χ0v) is 11.7. The second-order valence-electron chi connectivity index (χ2n) is 4.18. The summed E-state index contributed by atoms with van der Waals surface area (Å²) in [5, 5.41) is 8.69. The number of carbonyl (C=O) groups is 1. The van der Waals surface area contributed by atoms with Gasteiger partial charge >= 0.3 is 7.60 Å². The van der Waals surface area contributed by atoms with Crippen LogP contribution in [0.15, 0.2) is 12.1 Å². The highest BCUT2D eigenvalue weighted by Gasteiger charge is 2.22. The van der Waals surface area contributed by atoms with Gasteiger partial charge in [-0.1, -0.05) is 0 Å². The van der Waals surface area contributed by atoms with E-state index in [1.165, 1.54) is 6.07 Å². The van der Waals surface area contributed by atoms with Crippen molar-refractivity contribution in [3.8, 4) is 5.75 Å². The molecule has 1 rings (SSSR count). The van der Waals surface area contributed by atoms with Crippen LogP contribution in [0.3, 0.4) is 0 Å². The van der Waals surface area contributed by atoms with Gasteiger partial charge in [0.05, 0.1) is 6.61 Å². The first kappa shape index (κ1) is 15.9. The van der Waals surface area contributed by atoms with E-state index in [1.807, 2.05) is 0 Å². The SMILES string of the molecule is Cc1c(OCCO)ccc(C(=O)CP(=O)(O)O)c1C. The summed E-state index contributed by atoms with van der Waals surface area (Å²) < 4.78 is 16.1. The van der Waals surface area contributed by atoms with Crippen molar-refractivity contribution in [3.05, 3.63) is 28.8 Å². The maximum Gasteiger partial charge on any atom is 0.333 e. The van der Waals surface area contributed by atoms with E-state index >= 15 is 0 Å². The summed E-state index contributed by atoms with van der Waals surface area (Å²) in [5.74, 6) is -0.0538. The fraction of sp³-hybridized carbons (Fsp3) is 0.417. The Morgan fingerprint density at radius 2 is 1.89 bits per heavy atom. The molecule has 0 atom stereocenters. The predicted octanol–water partition coefficient (Wildman–Crippen LogP) is 1.03. The number of rotatable bonds is 6. The van der Waals surface area contributed by atoms with Gasteiger partial charge in [0.2, 0.25) is 0 Å². The van der Waals surface area contributed by atoms with Gasteiger partial charge < -0.3 is 19.6 Å². The van der Waals surface area contributed by atoms with E-state index in [-0.39, 0.29) is 18.8 Å². The van der Waals surface area contributed by atoms with Crippen LogP contribution < -0.4 is 4.74 Å². The van der Waals surface area contributed by atoms with Crippen molar-refractivity contribution in [2.24, 2.45) is 0 Å². The number of benzene rings is 1. The van der Waals surface area contributed by atoms with E-state index in [4.69, 9.17) is 19.6 Å². The molecule has 1 aromatic carbocycles. The van der Waals surface area contributed by atoms with E-state index in [2.05, 4.69) is 0 Å². The number of Topliss-reactive ketones (excluding diaryl/α,β-unsaturated/α-hetero) is 1. The molecule has 0 saturated heterocycles. The topological polar surface area (TPSA) is 104 Å². The van der Waals surface area contributed by atoms with Crippen LogP contribution in [0.2, 0.25) is 0 Å². The van der Waals surface area contributed by atoms with Crippen LogP contribution in [0.4, 0.5) is 0 Å². The lowest BCUT2D eigenvalue weighted by Gasteiger charge is -2.13. The molecule has 0 fully saturated rings. The molecule has 3 N–H and O–H groups in total. The average molecular weight is 288 g/mol. The first-order chi connectivity index (χ1) is 8.76. The number of hydrogen-bond acceptors (Lipinski definition) is 4. The van der Waals surface area contributed by atoms with Crippen molar-refractivity contribution in [3.63, 3.8) is 0 Å². The molecule has 0 bridgehead atoms. The van der Waals surface area contributed by atoms with Gasteiger partial charge in [-0.2, -0.15) is 0 Å².